The number of imidazole rings is 1. The largest absolute Gasteiger partial charge is 0.469 e. The summed E-state index contributed by atoms with van der Waals surface area (Å²) < 4.78 is 7.75. The molecule has 0 aliphatic carbocycles. The lowest BCUT2D eigenvalue weighted by Crippen LogP contribution is -2.29. The van der Waals surface area contributed by atoms with E-state index in [-0.39, 0.29) is 5.41 Å². The van der Waals surface area contributed by atoms with E-state index >= 15 is 0 Å². The normalized spacial score (nSPS) is 24.7. The van der Waals surface area contributed by atoms with Crippen molar-refractivity contribution in [3.05, 3.63) is 42.4 Å². The molecule has 3 heterocycles. The van der Waals surface area contributed by atoms with Gasteiger partial charge in [0.25, 0.3) is 0 Å². The van der Waals surface area contributed by atoms with Gasteiger partial charge >= 0.3 is 0 Å². The average Bonchev–Trinajstić information content (AvgIpc) is 3.08. The van der Waals surface area contributed by atoms with Crippen LogP contribution in [-0.4, -0.2) is 22.6 Å². The summed E-state index contributed by atoms with van der Waals surface area (Å²) in [5.41, 5.74) is 1.53. The maximum absolute atomic E-state index is 5.45. The molecule has 4 nitrogen and oxygen atoms in total. The second-order valence-corrected chi connectivity index (χ2v) is 5.81. The molecule has 2 unspecified atom stereocenters. The Labute approximate surface area is 113 Å². The highest BCUT2D eigenvalue weighted by atomic mass is 16.3. The molecule has 0 radical (unpaired) electrons. The van der Waals surface area contributed by atoms with Crippen LogP contribution in [0.3, 0.4) is 0 Å². The smallest absolute Gasteiger partial charge is 0.105 e. The lowest BCUT2D eigenvalue weighted by molar-refractivity contribution is 0.408. The molecule has 1 fully saturated rings. The molecule has 1 aliphatic rings. The van der Waals surface area contributed by atoms with Gasteiger partial charge in [-0.15, -0.1) is 0 Å². The van der Waals surface area contributed by atoms with E-state index in [0.717, 1.165) is 25.3 Å². The van der Waals surface area contributed by atoms with E-state index < -0.39 is 0 Å². The predicted molar refractivity (Wildman–Crippen MR) is 74.2 cm³/mol. The molecule has 1 aliphatic heterocycles. The van der Waals surface area contributed by atoms with Crippen molar-refractivity contribution < 1.29 is 4.42 Å². The number of hydrogen-bond acceptors (Lipinski definition) is 3. The summed E-state index contributed by atoms with van der Waals surface area (Å²) in [5, 5.41) is 3.45. The van der Waals surface area contributed by atoms with Crippen LogP contribution in [0.25, 0.3) is 0 Å². The van der Waals surface area contributed by atoms with Gasteiger partial charge in [-0.1, -0.05) is 6.92 Å². The van der Waals surface area contributed by atoms with Crippen molar-refractivity contribution in [2.45, 2.75) is 38.1 Å². The first-order valence-corrected chi connectivity index (χ1v) is 6.94. The van der Waals surface area contributed by atoms with E-state index in [1.807, 2.05) is 24.7 Å². The standard InChI is InChI=1S/C15H21N3O/c1-12(8-13-4-3-7-19-13)18-11-17-9-14(18)15(2)5-6-16-10-15/h3-4,7,9,11-12,16H,5-6,8,10H2,1-2H3. The van der Waals surface area contributed by atoms with E-state index in [9.17, 15) is 0 Å². The summed E-state index contributed by atoms with van der Waals surface area (Å²) >= 11 is 0. The zero-order valence-electron chi connectivity index (χ0n) is 11.6. The third kappa shape index (κ3) is 2.32. The fraction of sp³-hybridized carbons (Fsp3) is 0.533. The Bertz CT molecular complexity index is 523. The summed E-state index contributed by atoms with van der Waals surface area (Å²) in [5.74, 6) is 1.03. The third-order valence-electron chi connectivity index (χ3n) is 4.20. The van der Waals surface area contributed by atoms with Crippen LogP contribution in [0.1, 0.15) is 37.8 Å². The minimum Gasteiger partial charge on any atom is -0.469 e. The van der Waals surface area contributed by atoms with Crippen LogP contribution in [-0.2, 0) is 11.8 Å². The molecule has 2 atom stereocenters. The number of nitrogens with zero attached hydrogens (tertiary/aromatic N) is 2. The molecule has 2 aromatic heterocycles. The van der Waals surface area contributed by atoms with E-state index in [2.05, 4.69) is 28.7 Å². The first-order chi connectivity index (χ1) is 9.19. The molecule has 4 heteroatoms. The van der Waals surface area contributed by atoms with E-state index in [1.54, 1.807) is 6.26 Å². The molecular formula is C15H21N3O. The monoisotopic (exact) mass is 259 g/mol. The minimum absolute atomic E-state index is 0.202. The summed E-state index contributed by atoms with van der Waals surface area (Å²) in [6.45, 7) is 6.67. The fourth-order valence-electron chi connectivity index (χ4n) is 2.98. The SMILES string of the molecule is CC(Cc1ccco1)n1cncc1C1(C)CCNC1. The molecule has 0 bridgehead atoms. The van der Waals surface area contributed by atoms with Gasteiger partial charge in [0.2, 0.25) is 0 Å². The maximum atomic E-state index is 5.45. The minimum atomic E-state index is 0.202. The van der Waals surface area contributed by atoms with E-state index in [4.69, 9.17) is 4.42 Å². The Morgan fingerprint density at radius 2 is 2.47 bits per heavy atom. The fourth-order valence-corrected chi connectivity index (χ4v) is 2.98. The van der Waals surface area contributed by atoms with Crippen molar-refractivity contribution in [1.82, 2.24) is 14.9 Å². The lowest BCUT2D eigenvalue weighted by atomic mass is 9.86. The molecule has 3 rings (SSSR count). The molecule has 0 saturated carbocycles. The van der Waals surface area contributed by atoms with Crippen molar-refractivity contribution in [3.8, 4) is 0 Å². The molecule has 1 N–H and O–H groups in total. The van der Waals surface area contributed by atoms with E-state index in [0.29, 0.717) is 6.04 Å². The van der Waals surface area contributed by atoms with Gasteiger partial charge in [0, 0.05) is 36.3 Å². The van der Waals surface area contributed by atoms with Crippen molar-refractivity contribution >= 4 is 0 Å². The predicted octanol–water partition coefficient (Wildman–Crippen LogP) is 2.53. The summed E-state index contributed by atoms with van der Waals surface area (Å²) in [6.07, 6.45) is 7.78. The maximum Gasteiger partial charge on any atom is 0.105 e. The van der Waals surface area contributed by atoms with Crippen molar-refractivity contribution in [2.24, 2.45) is 0 Å². The zero-order chi connectivity index (χ0) is 13.3. The molecule has 1 saturated heterocycles. The van der Waals surface area contributed by atoms with Gasteiger partial charge in [-0.2, -0.15) is 0 Å². The van der Waals surface area contributed by atoms with Gasteiger partial charge in [0.15, 0.2) is 0 Å². The number of rotatable bonds is 4. The highest BCUT2D eigenvalue weighted by molar-refractivity contribution is 5.18. The summed E-state index contributed by atoms with van der Waals surface area (Å²) in [6, 6.07) is 4.34. The number of furan rings is 1. The highest BCUT2D eigenvalue weighted by Gasteiger charge is 2.34. The molecule has 0 spiro atoms. The van der Waals surface area contributed by atoms with Gasteiger partial charge in [-0.05, 0) is 32.0 Å². The second kappa shape index (κ2) is 4.85. The Morgan fingerprint density at radius 3 is 3.16 bits per heavy atom. The van der Waals surface area contributed by atoms with Gasteiger partial charge < -0.3 is 14.3 Å². The molecular weight excluding hydrogens is 238 g/mol. The number of hydrogen-bond donors (Lipinski definition) is 1. The van der Waals surface area contributed by atoms with Crippen molar-refractivity contribution in [2.75, 3.05) is 13.1 Å². The zero-order valence-corrected chi connectivity index (χ0v) is 11.6. The van der Waals surface area contributed by atoms with Gasteiger partial charge in [0.1, 0.15) is 5.76 Å². The van der Waals surface area contributed by atoms with Crippen LogP contribution < -0.4 is 5.32 Å². The van der Waals surface area contributed by atoms with Gasteiger partial charge in [0.05, 0.1) is 12.6 Å². The van der Waals surface area contributed by atoms with Crippen molar-refractivity contribution in [1.29, 1.82) is 0 Å². The van der Waals surface area contributed by atoms with Crippen LogP contribution >= 0.6 is 0 Å². The Hall–Kier alpha value is -1.55. The summed E-state index contributed by atoms with van der Waals surface area (Å²) in [7, 11) is 0. The Kier molecular flexibility index (Phi) is 3.19. The molecule has 0 amide bonds. The highest BCUT2D eigenvalue weighted by Crippen LogP contribution is 2.32. The topological polar surface area (TPSA) is 43.0 Å². The van der Waals surface area contributed by atoms with Crippen LogP contribution in [0.4, 0.5) is 0 Å². The Morgan fingerprint density at radius 1 is 1.58 bits per heavy atom. The molecule has 19 heavy (non-hydrogen) atoms. The molecule has 0 aromatic carbocycles. The van der Waals surface area contributed by atoms with Crippen LogP contribution in [0.2, 0.25) is 0 Å². The van der Waals surface area contributed by atoms with E-state index in [1.165, 1.54) is 12.1 Å². The Balaban J connectivity index is 1.83. The summed E-state index contributed by atoms with van der Waals surface area (Å²) in [4.78, 5) is 4.37. The van der Waals surface area contributed by atoms with Crippen LogP contribution in [0.5, 0.6) is 0 Å². The van der Waals surface area contributed by atoms with Gasteiger partial charge in [-0.3, -0.25) is 0 Å². The second-order valence-electron chi connectivity index (χ2n) is 5.81. The number of aromatic nitrogens is 2. The first-order valence-electron chi connectivity index (χ1n) is 6.94. The lowest BCUT2D eigenvalue weighted by Gasteiger charge is -2.27. The third-order valence-corrected chi connectivity index (χ3v) is 4.20. The quantitative estimate of drug-likeness (QED) is 0.917. The number of nitrogens with one attached hydrogen (secondary N) is 1. The van der Waals surface area contributed by atoms with Crippen LogP contribution in [0.15, 0.2) is 35.3 Å². The van der Waals surface area contributed by atoms with Gasteiger partial charge in [-0.25, -0.2) is 4.98 Å². The first kappa shape index (κ1) is 12.5. The molecule has 102 valence electrons. The average molecular weight is 259 g/mol. The van der Waals surface area contributed by atoms with Crippen LogP contribution in [0, 0.1) is 0 Å². The van der Waals surface area contributed by atoms with Crippen molar-refractivity contribution in [3.63, 3.8) is 0 Å². The molecule has 2 aromatic rings.